The molecule has 2 amide bonds. The molecule has 2 aromatic rings. The molecule has 1 heterocycles. The van der Waals surface area contributed by atoms with E-state index in [2.05, 4.69) is 44.7 Å². The SMILES string of the molecule is CCCCCc1ccc(C(=O)N2CCN(CCN(Cc3ccc(F)cc3)C(=O)CC(C)(C)C)CC2)cc1. The summed E-state index contributed by atoms with van der Waals surface area (Å²) in [6, 6.07) is 14.5. The maximum absolute atomic E-state index is 13.4. The molecular weight excluding hydrogens is 465 g/mol. The van der Waals surface area contributed by atoms with Gasteiger partial charge in [0.1, 0.15) is 5.82 Å². The number of nitrogens with zero attached hydrogens (tertiary/aromatic N) is 3. The van der Waals surface area contributed by atoms with Gasteiger partial charge in [-0.1, -0.05) is 64.8 Å². The number of amides is 2. The Morgan fingerprint density at radius 3 is 2.11 bits per heavy atom. The average Bonchev–Trinajstić information content (AvgIpc) is 2.87. The van der Waals surface area contributed by atoms with Gasteiger partial charge in [0.2, 0.25) is 5.91 Å². The first-order valence-electron chi connectivity index (χ1n) is 13.8. The summed E-state index contributed by atoms with van der Waals surface area (Å²) in [5.74, 6) is -0.0616. The van der Waals surface area contributed by atoms with Crippen molar-refractivity contribution in [3.8, 4) is 0 Å². The topological polar surface area (TPSA) is 43.9 Å². The van der Waals surface area contributed by atoms with Crippen LogP contribution in [0.3, 0.4) is 0 Å². The quantitative estimate of drug-likeness (QED) is 0.361. The van der Waals surface area contributed by atoms with Gasteiger partial charge in [-0.15, -0.1) is 0 Å². The number of piperazine rings is 1. The first-order chi connectivity index (χ1) is 17.6. The minimum Gasteiger partial charge on any atom is -0.337 e. The highest BCUT2D eigenvalue weighted by Gasteiger charge is 2.25. The number of halogens is 1. The lowest BCUT2D eigenvalue weighted by Gasteiger charge is -2.36. The van der Waals surface area contributed by atoms with E-state index in [0.717, 1.165) is 37.2 Å². The summed E-state index contributed by atoms with van der Waals surface area (Å²) >= 11 is 0. The second kappa shape index (κ2) is 13.7. The molecular formula is C31H44FN3O2. The maximum Gasteiger partial charge on any atom is 0.253 e. The van der Waals surface area contributed by atoms with Crippen LogP contribution in [0.1, 0.15) is 74.9 Å². The molecule has 0 N–H and O–H groups in total. The number of rotatable bonds is 11. The van der Waals surface area contributed by atoms with Crippen LogP contribution in [0.25, 0.3) is 0 Å². The van der Waals surface area contributed by atoms with Crippen molar-refractivity contribution in [1.29, 1.82) is 0 Å². The van der Waals surface area contributed by atoms with Crippen LogP contribution in [-0.4, -0.2) is 65.8 Å². The molecule has 0 saturated carbocycles. The number of hydrogen-bond acceptors (Lipinski definition) is 3. The summed E-state index contributed by atoms with van der Waals surface area (Å²) in [5, 5.41) is 0. The summed E-state index contributed by atoms with van der Waals surface area (Å²) in [6.07, 6.45) is 5.17. The molecule has 0 aromatic heterocycles. The van der Waals surface area contributed by atoms with E-state index in [1.807, 2.05) is 21.9 Å². The van der Waals surface area contributed by atoms with Crippen molar-refractivity contribution >= 4 is 11.8 Å². The first-order valence-corrected chi connectivity index (χ1v) is 13.8. The molecule has 1 aliphatic heterocycles. The highest BCUT2D eigenvalue weighted by atomic mass is 19.1. The normalized spacial score (nSPS) is 14.6. The third-order valence-electron chi connectivity index (χ3n) is 6.94. The lowest BCUT2D eigenvalue weighted by Crippen LogP contribution is -2.50. The molecule has 1 aliphatic rings. The molecule has 0 unspecified atom stereocenters. The molecule has 0 radical (unpaired) electrons. The van der Waals surface area contributed by atoms with Crippen molar-refractivity contribution in [1.82, 2.24) is 14.7 Å². The summed E-state index contributed by atoms with van der Waals surface area (Å²) in [4.78, 5) is 32.2. The predicted molar refractivity (Wildman–Crippen MR) is 148 cm³/mol. The Balaban J connectivity index is 1.51. The molecule has 37 heavy (non-hydrogen) atoms. The fourth-order valence-corrected chi connectivity index (χ4v) is 4.68. The Kier molecular flexibility index (Phi) is 10.7. The van der Waals surface area contributed by atoms with Crippen LogP contribution in [0, 0.1) is 11.2 Å². The zero-order valence-electron chi connectivity index (χ0n) is 23.1. The van der Waals surface area contributed by atoms with E-state index in [1.165, 1.54) is 37.0 Å². The van der Waals surface area contributed by atoms with Gasteiger partial charge in [0.05, 0.1) is 0 Å². The number of aryl methyl sites for hydroxylation is 1. The standard InChI is InChI=1S/C31H44FN3O2/c1-5-6-7-8-25-9-13-27(14-10-25)30(37)34-20-17-33(18-21-34)19-22-35(29(36)23-31(2,3)4)24-26-11-15-28(32)16-12-26/h9-16H,5-8,17-24H2,1-4H3. The van der Waals surface area contributed by atoms with Crippen LogP contribution in [0.5, 0.6) is 0 Å². The van der Waals surface area contributed by atoms with Crippen molar-refractivity contribution in [2.24, 2.45) is 5.41 Å². The van der Waals surface area contributed by atoms with Crippen LogP contribution in [-0.2, 0) is 17.8 Å². The van der Waals surface area contributed by atoms with Crippen molar-refractivity contribution in [2.75, 3.05) is 39.3 Å². The lowest BCUT2D eigenvalue weighted by molar-refractivity contribution is -0.134. The zero-order chi connectivity index (χ0) is 26.8. The molecule has 2 aromatic carbocycles. The van der Waals surface area contributed by atoms with Gasteiger partial charge in [-0.25, -0.2) is 4.39 Å². The van der Waals surface area contributed by atoms with E-state index in [0.29, 0.717) is 32.6 Å². The van der Waals surface area contributed by atoms with E-state index >= 15 is 0 Å². The maximum atomic E-state index is 13.4. The van der Waals surface area contributed by atoms with Crippen LogP contribution in [0.4, 0.5) is 4.39 Å². The van der Waals surface area contributed by atoms with E-state index < -0.39 is 0 Å². The number of hydrogen-bond donors (Lipinski definition) is 0. The van der Waals surface area contributed by atoms with Crippen LogP contribution < -0.4 is 0 Å². The Morgan fingerprint density at radius 2 is 1.51 bits per heavy atom. The number of carbonyl (C=O) groups excluding carboxylic acids is 2. The van der Waals surface area contributed by atoms with Crippen LogP contribution in [0.15, 0.2) is 48.5 Å². The molecule has 3 rings (SSSR count). The Morgan fingerprint density at radius 1 is 0.892 bits per heavy atom. The summed E-state index contributed by atoms with van der Waals surface area (Å²) in [7, 11) is 0. The van der Waals surface area contributed by atoms with E-state index in [4.69, 9.17) is 0 Å². The van der Waals surface area contributed by atoms with Crippen molar-refractivity contribution in [3.63, 3.8) is 0 Å². The van der Waals surface area contributed by atoms with Crippen molar-refractivity contribution in [3.05, 3.63) is 71.0 Å². The zero-order valence-corrected chi connectivity index (χ0v) is 23.1. The van der Waals surface area contributed by atoms with Gasteiger partial charge in [0.25, 0.3) is 5.91 Å². The number of carbonyl (C=O) groups is 2. The van der Waals surface area contributed by atoms with Gasteiger partial charge in [0, 0.05) is 57.8 Å². The highest BCUT2D eigenvalue weighted by Crippen LogP contribution is 2.21. The van der Waals surface area contributed by atoms with Gasteiger partial charge >= 0.3 is 0 Å². The van der Waals surface area contributed by atoms with Crippen molar-refractivity contribution < 1.29 is 14.0 Å². The molecule has 5 nitrogen and oxygen atoms in total. The van der Waals surface area contributed by atoms with Gasteiger partial charge in [0.15, 0.2) is 0 Å². The Labute approximate surface area is 222 Å². The monoisotopic (exact) mass is 509 g/mol. The van der Waals surface area contributed by atoms with Gasteiger partial charge in [-0.05, 0) is 53.6 Å². The van der Waals surface area contributed by atoms with E-state index in [9.17, 15) is 14.0 Å². The highest BCUT2D eigenvalue weighted by molar-refractivity contribution is 5.94. The molecule has 202 valence electrons. The fraction of sp³-hybridized carbons (Fsp3) is 0.548. The fourth-order valence-electron chi connectivity index (χ4n) is 4.68. The minimum atomic E-state index is -0.272. The molecule has 1 fully saturated rings. The summed E-state index contributed by atoms with van der Waals surface area (Å²) in [5.41, 5.74) is 2.88. The van der Waals surface area contributed by atoms with Gasteiger partial charge in [-0.3, -0.25) is 14.5 Å². The number of unbranched alkanes of at least 4 members (excludes halogenated alkanes) is 2. The van der Waals surface area contributed by atoms with Gasteiger partial charge in [-0.2, -0.15) is 0 Å². The smallest absolute Gasteiger partial charge is 0.253 e. The molecule has 6 heteroatoms. The lowest BCUT2D eigenvalue weighted by atomic mass is 9.91. The Bertz CT molecular complexity index is 991. The Hall–Kier alpha value is -2.73. The van der Waals surface area contributed by atoms with E-state index in [1.54, 1.807) is 12.1 Å². The van der Waals surface area contributed by atoms with Crippen LogP contribution in [0.2, 0.25) is 0 Å². The second-order valence-corrected chi connectivity index (χ2v) is 11.5. The molecule has 0 bridgehead atoms. The summed E-state index contributed by atoms with van der Waals surface area (Å²) < 4.78 is 13.4. The second-order valence-electron chi connectivity index (χ2n) is 11.5. The van der Waals surface area contributed by atoms with Gasteiger partial charge < -0.3 is 9.80 Å². The summed E-state index contributed by atoms with van der Waals surface area (Å²) in [6.45, 7) is 13.2. The number of benzene rings is 2. The predicted octanol–water partition coefficient (Wildman–Crippen LogP) is 5.78. The molecule has 0 atom stereocenters. The third kappa shape index (κ3) is 9.58. The molecule has 0 spiro atoms. The largest absolute Gasteiger partial charge is 0.337 e. The average molecular weight is 510 g/mol. The third-order valence-corrected chi connectivity index (χ3v) is 6.94. The molecule has 0 aliphatic carbocycles. The van der Waals surface area contributed by atoms with Crippen LogP contribution >= 0.6 is 0 Å². The molecule has 1 saturated heterocycles. The van der Waals surface area contributed by atoms with Crippen molar-refractivity contribution in [2.45, 2.75) is 66.3 Å². The minimum absolute atomic E-state index is 0.0954. The first kappa shape index (κ1) is 28.8. The van der Waals surface area contributed by atoms with E-state index in [-0.39, 0.29) is 23.0 Å².